The second kappa shape index (κ2) is 5.79. The maximum Gasteiger partial charge on any atom is 0.145 e. The van der Waals surface area contributed by atoms with Gasteiger partial charge in [-0.15, -0.1) is 0 Å². The summed E-state index contributed by atoms with van der Waals surface area (Å²) in [5, 5.41) is 0. The fraction of sp³-hybridized carbons (Fsp3) is 0.750. The molecule has 1 aliphatic heterocycles. The van der Waals surface area contributed by atoms with Gasteiger partial charge in [-0.05, 0) is 24.7 Å². The smallest absolute Gasteiger partial charge is 0.145 e. The van der Waals surface area contributed by atoms with Gasteiger partial charge >= 0.3 is 0 Å². The van der Waals surface area contributed by atoms with Crippen LogP contribution < -0.4 is 16.2 Å². The van der Waals surface area contributed by atoms with Gasteiger partial charge in [0.1, 0.15) is 17.5 Å². The molecule has 0 radical (unpaired) electrons. The van der Waals surface area contributed by atoms with Crippen LogP contribution in [0.1, 0.15) is 59.7 Å². The lowest BCUT2D eigenvalue weighted by Crippen LogP contribution is -2.28. The zero-order valence-corrected chi connectivity index (χ0v) is 14.0. The van der Waals surface area contributed by atoms with E-state index in [1.165, 1.54) is 19.3 Å². The average molecular weight is 291 g/mol. The molecule has 0 atom stereocenters. The van der Waals surface area contributed by atoms with Crippen LogP contribution in [0.3, 0.4) is 0 Å². The van der Waals surface area contributed by atoms with Crippen LogP contribution in [-0.4, -0.2) is 23.1 Å². The Balaban J connectivity index is 2.32. The number of hydrazine groups is 1. The number of anilines is 2. The summed E-state index contributed by atoms with van der Waals surface area (Å²) in [6.45, 7) is 13.1. The molecule has 0 aliphatic carbocycles. The van der Waals surface area contributed by atoms with Crippen LogP contribution in [-0.2, 0) is 5.41 Å². The molecule has 5 heteroatoms. The zero-order valence-electron chi connectivity index (χ0n) is 14.0. The van der Waals surface area contributed by atoms with Gasteiger partial charge in [-0.3, -0.25) is 0 Å². The monoisotopic (exact) mass is 291 g/mol. The molecule has 0 saturated carbocycles. The Morgan fingerprint density at radius 3 is 2.43 bits per heavy atom. The van der Waals surface area contributed by atoms with Crippen LogP contribution >= 0.6 is 0 Å². The first-order valence-electron chi connectivity index (χ1n) is 7.94. The lowest BCUT2D eigenvalue weighted by Gasteiger charge is -2.27. The summed E-state index contributed by atoms with van der Waals surface area (Å²) in [6.07, 6.45) is 3.68. The van der Waals surface area contributed by atoms with Gasteiger partial charge in [-0.25, -0.2) is 15.8 Å². The third-order valence-corrected chi connectivity index (χ3v) is 4.79. The van der Waals surface area contributed by atoms with Crippen LogP contribution in [0.5, 0.6) is 0 Å². The van der Waals surface area contributed by atoms with Crippen molar-refractivity contribution in [2.24, 2.45) is 11.3 Å². The van der Waals surface area contributed by atoms with Crippen LogP contribution in [0.4, 0.5) is 11.6 Å². The Hall–Kier alpha value is -1.36. The summed E-state index contributed by atoms with van der Waals surface area (Å²) < 4.78 is 0. The topological polar surface area (TPSA) is 67.1 Å². The number of nitrogens with one attached hydrogen (secondary N) is 1. The number of hydrogen-bond donors (Lipinski definition) is 2. The molecule has 118 valence electrons. The highest BCUT2D eigenvalue weighted by atomic mass is 15.3. The van der Waals surface area contributed by atoms with Gasteiger partial charge in [0.15, 0.2) is 0 Å². The van der Waals surface area contributed by atoms with Crippen LogP contribution in [0.25, 0.3) is 0 Å². The van der Waals surface area contributed by atoms with Crippen molar-refractivity contribution in [3.8, 4) is 0 Å². The maximum atomic E-state index is 5.58. The molecule has 1 saturated heterocycles. The Morgan fingerprint density at radius 1 is 1.29 bits per heavy atom. The van der Waals surface area contributed by atoms with E-state index in [1.807, 2.05) is 6.07 Å². The molecule has 5 nitrogen and oxygen atoms in total. The van der Waals surface area contributed by atoms with E-state index in [2.05, 4.69) is 49.9 Å². The summed E-state index contributed by atoms with van der Waals surface area (Å²) in [6, 6.07) is 1.96. The molecule has 2 rings (SSSR count). The normalized spacial score (nSPS) is 18.1. The Morgan fingerprint density at radius 2 is 1.95 bits per heavy atom. The molecule has 0 spiro atoms. The SMILES string of the molecule is CCC1(CC)CCN(c2cc(NN)nc(C(C)(C)C)n2)C1. The van der Waals surface area contributed by atoms with E-state index in [0.717, 1.165) is 24.7 Å². The minimum atomic E-state index is -0.0893. The quantitative estimate of drug-likeness (QED) is 0.659. The molecule has 0 unspecified atom stereocenters. The molecule has 0 bridgehead atoms. The first kappa shape index (κ1) is 16.0. The Labute approximate surface area is 128 Å². The summed E-state index contributed by atoms with van der Waals surface area (Å²) in [5.74, 6) is 8.09. The molecule has 1 aromatic rings. The second-order valence-corrected chi connectivity index (χ2v) is 7.21. The number of aromatic nitrogens is 2. The first-order valence-corrected chi connectivity index (χ1v) is 7.94. The fourth-order valence-electron chi connectivity index (χ4n) is 2.96. The second-order valence-electron chi connectivity index (χ2n) is 7.21. The predicted octanol–water partition coefficient (Wildman–Crippen LogP) is 3.08. The van der Waals surface area contributed by atoms with Crippen molar-refractivity contribution in [2.75, 3.05) is 23.4 Å². The number of rotatable bonds is 4. The molecule has 21 heavy (non-hydrogen) atoms. The highest BCUT2D eigenvalue weighted by Crippen LogP contribution is 2.39. The van der Waals surface area contributed by atoms with Crippen molar-refractivity contribution >= 4 is 11.6 Å². The lowest BCUT2D eigenvalue weighted by atomic mass is 9.82. The van der Waals surface area contributed by atoms with Crippen molar-refractivity contribution in [3.05, 3.63) is 11.9 Å². The molecule has 1 aliphatic rings. The van der Waals surface area contributed by atoms with Crippen LogP contribution in [0.2, 0.25) is 0 Å². The molecule has 2 heterocycles. The highest BCUT2D eigenvalue weighted by molar-refractivity contribution is 5.50. The third kappa shape index (κ3) is 3.28. The molecule has 0 amide bonds. The maximum absolute atomic E-state index is 5.58. The van der Waals surface area contributed by atoms with E-state index in [-0.39, 0.29) is 5.41 Å². The van der Waals surface area contributed by atoms with E-state index in [4.69, 9.17) is 10.8 Å². The van der Waals surface area contributed by atoms with E-state index >= 15 is 0 Å². The molecular formula is C16H29N5. The van der Waals surface area contributed by atoms with Crippen molar-refractivity contribution in [1.82, 2.24) is 9.97 Å². The summed E-state index contributed by atoms with van der Waals surface area (Å²) in [7, 11) is 0. The fourth-order valence-corrected chi connectivity index (χ4v) is 2.96. The number of hydrogen-bond acceptors (Lipinski definition) is 5. The minimum Gasteiger partial charge on any atom is -0.356 e. The third-order valence-electron chi connectivity index (χ3n) is 4.79. The van der Waals surface area contributed by atoms with Gasteiger partial charge in [-0.2, -0.15) is 0 Å². The van der Waals surface area contributed by atoms with E-state index < -0.39 is 0 Å². The predicted molar refractivity (Wildman–Crippen MR) is 88.4 cm³/mol. The van der Waals surface area contributed by atoms with Gasteiger partial charge in [-0.1, -0.05) is 34.6 Å². The van der Waals surface area contributed by atoms with Crippen molar-refractivity contribution in [1.29, 1.82) is 0 Å². The van der Waals surface area contributed by atoms with Gasteiger partial charge in [0.05, 0.1) is 0 Å². The number of nitrogens with zero attached hydrogens (tertiary/aromatic N) is 3. The van der Waals surface area contributed by atoms with Gasteiger partial charge in [0.2, 0.25) is 0 Å². The molecule has 1 fully saturated rings. The summed E-state index contributed by atoms with van der Waals surface area (Å²) >= 11 is 0. The molecule has 1 aromatic heterocycles. The standard InChI is InChI=1S/C16H29N5/c1-6-16(7-2)8-9-21(11-16)13-10-12(20-17)18-14(19-13)15(3,4)5/h10H,6-9,11,17H2,1-5H3,(H,18,19,20). The Bertz CT molecular complexity index is 488. The van der Waals surface area contributed by atoms with Crippen molar-refractivity contribution in [2.45, 2.75) is 59.3 Å². The van der Waals surface area contributed by atoms with Gasteiger partial charge in [0, 0.05) is 24.6 Å². The lowest BCUT2D eigenvalue weighted by molar-refractivity contribution is 0.301. The molecule has 3 N–H and O–H groups in total. The van der Waals surface area contributed by atoms with Crippen molar-refractivity contribution < 1.29 is 0 Å². The van der Waals surface area contributed by atoms with Crippen LogP contribution in [0, 0.1) is 5.41 Å². The van der Waals surface area contributed by atoms with Crippen LogP contribution in [0.15, 0.2) is 6.07 Å². The van der Waals surface area contributed by atoms with Crippen molar-refractivity contribution in [3.63, 3.8) is 0 Å². The summed E-state index contributed by atoms with van der Waals surface area (Å²) in [5.41, 5.74) is 3.02. The largest absolute Gasteiger partial charge is 0.356 e. The Kier molecular flexibility index (Phi) is 4.42. The van der Waals surface area contributed by atoms with E-state index in [1.54, 1.807) is 0 Å². The van der Waals surface area contributed by atoms with Gasteiger partial charge in [0.25, 0.3) is 0 Å². The first-order chi connectivity index (χ1) is 9.83. The zero-order chi connectivity index (χ0) is 15.7. The van der Waals surface area contributed by atoms with E-state index in [0.29, 0.717) is 11.2 Å². The van der Waals surface area contributed by atoms with Gasteiger partial charge < -0.3 is 10.3 Å². The highest BCUT2D eigenvalue weighted by Gasteiger charge is 2.36. The molecular weight excluding hydrogens is 262 g/mol. The minimum absolute atomic E-state index is 0.0893. The molecule has 0 aromatic carbocycles. The number of nitrogen functional groups attached to an aromatic ring is 1. The average Bonchev–Trinajstić information content (AvgIpc) is 2.91. The summed E-state index contributed by atoms with van der Waals surface area (Å²) in [4.78, 5) is 11.7. The number of nitrogens with two attached hydrogens (primary N) is 1. The van der Waals surface area contributed by atoms with E-state index in [9.17, 15) is 0 Å².